The first-order chi connectivity index (χ1) is 12.6. The second kappa shape index (κ2) is 8.94. The summed E-state index contributed by atoms with van der Waals surface area (Å²) in [7, 11) is 0. The van der Waals surface area contributed by atoms with Crippen LogP contribution in [-0.2, 0) is 6.42 Å². The highest BCUT2D eigenvalue weighted by Gasteiger charge is 2.37. The van der Waals surface area contributed by atoms with Gasteiger partial charge in [0.25, 0.3) is 0 Å². The molecule has 0 radical (unpaired) electrons. The van der Waals surface area contributed by atoms with E-state index < -0.39 is 0 Å². The Labute approximate surface area is 163 Å². The average Bonchev–Trinajstić information content (AvgIpc) is 3.12. The Morgan fingerprint density at radius 1 is 1.23 bits per heavy atom. The van der Waals surface area contributed by atoms with Gasteiger partial charge in [-0.1, -0.05) is 50.2 Å². The van der Waals surface area contributed by atoms with Gasteiger partial charge in [-0.25, -0.2) is 4.99 Å². The van der Waals surface area contributed by atoms with Crippen LogP contribution in [0.3, 0.4) is 0 Å². The number of rotatable bonds is 6. The van der Waals surface area contributed by atoms with E-state index >= 15 is 0 Å². The lowest BCUT2D eigenvalue weighted by molar-refractivity contribution is 0.132. The van der Waals surface area contributed by atoms with Crippen molar-refractivity contribution in [1.82, 2.24) is 4.90 Å². The highest BCUT2D eigenvalue weighted by Crippen LogP contribution is 2.46. The molecule has 2 nitrogen and oxygen atoms in total. The van der Waals surface area contributed by atoms with E-state index in [1.165, 1.54) is 49.0 Å². The largest absolute Gasteiger partial charge is 0.357 e. The standard InChI is InChI=1S/C23H32N2S/c1-4-20-9-8-10-21(17-20)26-19(3)18-24-22(5-2)25-15-13-23(14-16-25)11-6-7-12-23/h5,8-10,17-18H,3-4,6-7,11-16H2,1-2H3/b22-5+,24-18?. The molecule has 0 N–H and O–H groups in total. The van der Waals surface area contributed by atoms with Crippen molar-refractivity contribution >= 4 is 18.0 Å². The molecule has 1 saturated heterocycles. The number of benzene rings is 1. The van der Waals surface area contributed by atoms with Crippen molar-refractivity contribution in [3.63, 3.8) is 0 Å². The van der Waals surface area contributed by atoms with Crippen LogP contribution >= 0.6 is 11.8 Å². The second-order valence-electron chi connectivity index (χ2n) is 7.67. The molecular weight excluding hydrogens is 336 g/mol. The van der Waals surface area contributed by atoms with Crippen molar-refractivity contribution in [2.75, 3.05) is 13.1 Å². The first-order valence-electron chi connectivity index (χ1n) is 10.1. The van der Waals surface area contributed by atoms with Crippen molar-refractivity contribution < 1.29 is 0 Å². The zero-order valence-electron chi connectivity index (χ0n) is 16.3. The van der Waals surface area contributed by atoms with Crippen LogP contribution in [0.25, 0.3) is 0 Å². The Hall–Kier alpha value is -1.48. The summed E-state index contributed by atoms with van der Waals surface area (Å²) in [5.41, 5.74) is 2.02. The van der Waals surface area contributed by atoms with Crippen LogP contribution in [0, 0.1) is 5.41 Å². The van der Waals surface area contributed by atoms with Gasteiger partial charge in [0, 0.05) is 29.1 Å². The third-order valence-electron chi connectivity index (χ3n) is 5.97. The molecule has 2 aliphatic rings. The van der Waals surface area contributed by atoms with E-state index in [-0.39, 0.29) is 0 Å². The molecule has 0 atom stereocenters. The fourth-order valence-electron chi connectivity index (χ4n) is 4.32. The van der Waals surface area contributed by atoms with Crippen LogP contribution in [0.15, 0.2) is 57.5 Å². The summed E-state index contributed by atoms with van der Waals surface area (Å²) in [5, 5.41) is 0. The minimum atomic E-state index is 0.656. The number of nitrogens with zero attached hydrogens (tertiary/aromatic N) is 2. The lowest BCUT2D eigenvalue weighted by atomic mass is 9.77. The van der Waals surface area contributed by atoms with Crippen molar-refractivity contribution in [1.29, 1.82) is 0 Å². The van der Waals surface area contributed by atoms with Gasteiger partial charge in [0.05, 0.1) is 0 Å². The Morgan fingerprint density at radius 2 is 1.96 bits per heavy atom. The number of aliphatic imine (C=N–C) groups is 1. The Bertz CT molecular complexity index is 673. The fraction of sp³-hybridized carbons (Fsp3) is 0.522. The highest BCUT2D eigenvalue weighted by molar-refractivity contribution is 8.03. The predicted octanol–water partition coefficient (Wildman–Crippen LogP) is 6.44. The van der Waals surface area contributed by atoms with E-state index in [4.69, 9.17) is 4.99 Å². The zero-order chi connectivity index (χ0) is 18.4. The lowest BCUT2D eigenvalue weighted by Gasteiger charge is -2.40. The van der Waals surface area contributed by atoms with Gasteiger partial charge in [-0.2, -0.15) is 0 Å². The Morgan fingerprint density at radius 3 is 2.62 bits per heavy atom. The molecule has 140 valence electrons. The van der Waals surface area contributed by atoms with Gasteiger partial charge < -0.3 is 4.90 Å². The molecule has 3 rings (SSSR count). The van der Waals surface area contributed by atoms with Crippen molar-refractivity contribution in [3.8, 4) is 0 Å². The second-order valence-corrected chi connectivity index (χ2v) is 8.87. The number of allylic oxidation sites excluding steroid dienone is 2. The van der Waals surface area contributed by atoms with Gasteiger partial charge in [0.1, 0.15) is 5.82 Å². The summed E-state index contributed by atoms with van der Waals surface area (Å²) in [5.74, 6) is 1.10. The third kappa shape index (κ3) is 4.82. The molecule has 0 amide bonds. The van der Waals surface area contributed by atoms with Crippen LogP contribution in [0.2, 0.25) is 0 Å². The fourth-order valence-corrected chi connectivity index (χ4v) is 5.08. The number of hydrogen-bond donors (Lipinski definition) is 0. The SMILES string of the molecule is C=C(C=N/C(=C\C)N1CCC2(CCCC2)CC1)Sc1cccc(CC)c1. The van der Waals surface area contributed by atoms with Crippen LogP contribution in [0.1, 0.15) is 57.9 Å². The first-order valence-corrected chi connectivity index (χ1v) is 10.9. The summed E-state index contributed by atoms with van der Waals surface area (Å²) in [6, 6.07) is 8.68. The molecule has 1 saturated carbocycles. The van der Waals surface area contributed by atoms with Gasteiger partial charge in [-0.3, -0.25) is 0 Å². The summed E-state index contributed by atoms with van der Waals surface area (Å²) in [6.07, 6.45) is 13.6. The maximum Gasteiger partial charge on any atom is 0.124 e. The highest BCUT2D eigenvalue weighted by atomic mass is 32.2. The van der Waals surface area contributed by atoms with E-state index in [1.807, 2.05) is 6.21 Å². The molecule has 1 aromatic rings. The molecule has 1 aromatic carbocycles. The molecule has 1 spiro atoms. The Kier molecular flexibility index (Phi) is 6.63. The van der Waals surface area contributed by atoms with Crippen LogP contribution in [-0.4, -0.2) is 24.2 Å². The van der Waals surface area contributed by atoms with Crippen LogP contribution in [0.5, 0.6) is 0 Å². The van der Waals surface area contributed by atoms with Gasteiger partial charge >= 0.3 is 0 Å². The van der Waals surface area contributed by atoms with Crippen molar-refractivity contribution in [2.45, 2.75) is 63.7 Å². The molecule has 0 unspecified atom stereocenters. The number of thioether (sulfide) groups is 1. The smallest absolute Gasteiger partial charge is 0.124 e. The lowest BCUT2D eigenvalue weighted by Crippen LogP contribution is -2.37. The number of piperidine rings is 1. The van der Waals surface area contributed by atoms with Gasteiger partial charge in [0.15, 0.2) is 0 Å². The van der Waals surface area contributed by atoms with E-state index in [9.17, 15) is 0 Å². The van der Waals surface area contributed by atoms with Crippen molar-refractivity contribution in [2.24, 2.45) is 10.4 Å². The van der Waals surface area contributed by atoms with Gasteiger partial charge in [-0.05, 0) is 68.2 Å². The molecule has 0 aromatic heterocycles. The van der Waals surface area contributed by atoms with Crippen LogP contribution in [0.4, 0.5) is 0 Å². The molecule has 3 heteroatoms. The summed E-state index contributed by atoms with van der Waals surface area (Å²) >= 11 is 1.70. The molecule has 26 heavy (non-hydrogen) atoms. The number of likely N-dealkylation sites (tertiary alicyclic amines) is 1. The maximum absolute atomic E-state index is 4.76. The first kappa shape index (κ1) is 19.3. The normalized spacial score (nSPS) is 20.2. The minimum absolute atomic E-state index is 0.656. The van der Waals surface area contributed by atoms with Gasteiger partial charge in [0.2, 0.25) is 0 Å². The maximum atomic E-state index is 4.76. The zero-order valence-corrected chi connectivity index (χ0v) is 17.2. The molecule has 0 bridgehead atoms. The summed E-state index contributed by atoms with van der Waals surface area (Å²) < 4.78 is 0. The molecule has 1 heterocycles. The average molecular weight is 369 g/mol. The topological polar surface area (TPSA) is 15.6 Å². The van der Waals surface area contributed by atoms with E-state index in [0.29, 0.717) is 5.41 Å². The molecule has 1 aliphatic carbocycles. The van der Waals surface area contributed by atoms with E-state index in [2.05, 4.69) is 55.7 Å². The van der Waals surface area contributed by atoms with Crippen LogP contribution < -0.4 is 0 Å². The van der Waals surface area contributed by atoms with Gasteiger partial charge in [-0.15, -0.1) is 0 Å². The van der Waals surface area contributed by atoms with E-state index in [0.717, 1.165) is 30.2 Å². The molecular formula is C23H32N2S. The minimum Gasteiger partial charge on any atom is -0.357 e. The van der Waals surface area contributed by atoms with E-state index in [1.54, 1.807) is 11.8 Å². The summed E-state index contributed by atoms with van der Waals surface area (Å²) in [6.45, 7) is 10.8. The van der Waals surface area contributed by atoms with Crippen molar-refractivity contribution in [3.05, 3.63) is 53.2 Å². The molecule has 1 aliphatic heterocycles. The predicted molar refractivity (Wildman–Crippen MR) is 115 cm³/mol. The quantitative estimate of drug-likeness (QED) is 0.424. The molecule has 2 fully saturated rings. The number of hydrogen-bond acceptors (Lipinski definition) is 3. The monoisotopic (exact) mass is 368 g/mol. The number of aryl methyl sites for hydroxylation is 1. The third-order valence-corrected chi connectivity index (χ3v) is 6.82. The summed E-state index contributed by atoms with van der Waals surface area (Å²) in [4.78, 5) is 9.44. The Balaban J connectivity index is 1.55.